The second-order valence-corrected chi connectivity index (χ2v) is 7.25. The molecule has 4 atom stereocenters. The Bertz CT molecular complexity index is 764. The third-order valence-electron chi connectivity index (χ3n) is 5.60. The number of hydrogen-bond acceptors (Lipinski definition) is 2. The van der Waals surface area contributed by atoms with Crippen molar-refractivity contribution in [2.45, 2.75) is 27.7 Å². The largest absolute Gasteiger partial charge is 0.274 e. The lowest BCUT2D eigenvalue weighted by atomic mass is 9.85. The molecule has 2 fully saturated rings. The lowest BCUT2D eigenvalue weighted by Gasteiger charge is -2.21. The lowest BCUT2D eigenvalue weighted by molar-refractivity contribution is -0.122. The van der Waals surface area contributed by atoms with E-state index in [-0.39, 0.29) is 35.5 Å². The van der Waals surface area contributed by atoms with Crippen LogP contribution >= 0.6 is 0 Å². The molecule has 0 radical (unpaired) electrons. The van der Waals surface area contributed by atoms with E-state index in [1.165, 1.54) is 16.0 Å². The zero-order chi connectivity index (χ0) is 16.5. The summed E-state index contributed by atoms with van der Waals surface area (Å²) >= 11 is 0. The van der Waals surface area contributed by atoms with Crippen LogP contribution in [0, 0.1) is 37.5 Å². The van der Waals surface area contributed by atoms with Gasteiger partial charge < -0.3 is 0 Å². The first kappa shape index (κ1) is 14.4. The van der Waals surface area contributed by atoms with E-state index in [1.807, 2.05) is 32.0 Å². The number of aryl methyl sites for hydroxylation is 2. The van der Waals surface area contributed by atoms with Gasteiger partial charge in [0.25, 0.3) is 0 Å². The number of anilines is 1. The maximum Gasteiger partial charge on any atom is 0.238 e. The van der Waals surface area contributed by atoms with E-state index in [2.05, 4.69) is 26.0 Å². The SMILES string of the molecule is CC(C)=C1[C@H]2C=C[C@@H]1[C@H]1C(=O)N(c3cc(C)ccc3C)C(=O)[C@H]12. The van der Waals surface area contributed by atoms with E-state index in [0.717, 1.165) is 16.8 Å². The van der Waals surface area contributed by atoms with Crippen molar-refractivity contribution in [2.75, 3.05) is 4.90 Å². The Hall–Kier alpha value is -2.16. The molecule has 0 aromatic heterocycles. The van der Waals surface area contributed by atoms with E-state index in [9.17, 15) is 9.59 Å². The van der Waals surface area contributed by atoms with Crippen molar-refractivity contribution in [1.29, 1.82) is 0 Å². The van der Waals surface area contributed by atoms with Crippen LogP contribution < -0.4 is 4.90 Å². The van der Waals surface area contributed by atoms with Crippen LogP contribution in [0.2, 0.25) is 0 Å². The van der Waals surface area contributed by atoms with E-state index < -0.39 is 0 Å². The fraction of sp³-hybridized carbons (Fsp3) is 0.400. The maximum atomic E-state index is 13.1. The maximum absolute atomic E-state index is 13.1. The first-order valence-corrected chi connectivity index (χ1v) is 8.22. The van der Waals surface area contributed by atoms with Gasteiger partial charge in [0.2, 0.25) is 11.8 Å². The first-order valence-electron chi connectivity index (χ1n) is 8.22. The molecule has 0 unspecified atom stereocenters. The highest BCUT2D eigenvalue weighted by Crippen LogP contribution is 2.57. The molecular weight excluding hydrogens is 286 g/mol. The van der Waals surface area contributed by atoms with Gasteiger partial charge in [0.05, 0.1) is 17.5 Å². The summed E-state index contributed by atoms with van der Waals surface area (Å²) in [5.41, 5.74) is 5.34. The fourth-order valence-electron chi connectivity index (χ4n) is 4.63. The Labute approximate surface area is 136 Å². The number of rotatable bonds is 1. The number of benzene rings is 1. The summed E-state index contributed by atoms with van der Waals surface area (Å²) in [5.74, 6) is -0.235. The van der Waals surface area contributed by atoms with Gasteiger partial charge in [-0.1, -0.05) is 35.4 Å². The van der Waals surface area contributed by atoms with Gasteiger partial charge in [-0.15, -0.1) is 0 Å². The molecular formula is C20H21NO2. The monoisotopic (exact) mass is 307 g/mol. The van der Waals surface area contributed by atoms with Crippen molar-refractivity contribution in [3.8, 4) is 0 Å². The van der Waals surface area contributed by atoms with Crippen LogP contribution in [-0.2, 0) is 9.59 Å². The Morgan fingerprint density at radius 2 is 1.52 bits per heavy atom. The van der Waals surface area contributed by atoms with Crippen molar-refractivity contribution in [3.63, 3.8) is 0 Å². The molecule has 0 N–H and O–H groups in total. The number of amides is 2. The van der Waals surface area contributed by atoms with Crippen LogP contribution in [0.15, 0.2) is 41.5 Å². The molecule has 4 rings (SSSR count). The fourth-order valence-corrected chi connectivity index (χ4v) is 4.63. The molecule has 3 nitrogen and oxygen atoms in total. The number of imide groups is 1. The molecule has 1 aliphatic heterocycles. The average Bonchev–Trinajstić information content (AvgIpc) is 3.13. The zero-order valence-electron chi connectivity index (χ0n) is 14.0. The van der Waals surface area contributed by atoms with Crippen LogP contribution in [0.5, 0.6) is 0 Å². The number of carbonyl (C=O) groups excluding carboxylic acids is 2. The Morgan fingerprint density at radius 1 is 0.957 bits per heavy atom. The van der Waals surface area contributed by atoms with Crippen molar-refractivity contribution < 1.29 is 9.59 Å². The third-order valence-corrected chi connectivity index (χ3v) is 5.60. The third kappa shape index (κ3) is 1.76. The zero-order valence-corrected chi connectivity index (χ0v) is 14.0. The summed E-state index contributed by atoms with van der Waals surface area (Å²) in [6.45, 7) is 8.11. The molecule has 1 saturated heterocycles. The number of hydrogen-bond donors (Lipinski definition) is 0. The smallest absolute Gasteiger partial charge is 0.238 e. The average molecular weight is 307 g/mol. The van der Waals surface area contributed by atoms with Gasteiger partial charge in [-0.05, 0) is 44.9 Å². The quantitative estimate of drug-likeness (QED) is 0.587. The first-order chi connectivity index (χ1) is 10.9. The van der Waals surface area contributed by atoms with E-state index in [1.54, 1.807) is 0 Å². The predicted molar refractivity (Wildman–Crippen MR) is 89.9 cm³/mol. The molecule has 3 heteroatoms. The van der Waals surface area contributed by atoms with E-state index in [0.29, 0.717) is 0 Å². The number of allylic oxidation sites excluding steroid dienone is 4. The molecule has 1 aromatic carbocycles. The highest BCUT2D eigenvalue weighted by molar-refractivity contribution is 6.23. The Balaban J connectivity index is 1.80. The molecule has 1 aromatic rings. The van der Waals surface area contributed by atoms with Gasteiger partial charge in [0.15, 0.2) is 0 Å². The molecule has 1 saturated carbocycles. The van der Waals surface area contributed by atoms with Gasteiger partial charge in [0, 0.05) is 11.8 Å². The van der Waals surface area contributed by atoms with Crippen LogP contribution in [0.3, 0.4) is 0 Å². The van der Waals surface area contributed by atoms with E-state index in [4.69, 9.17) is 0 Å². The van der Waals surface area contributed by atoms with Crippen LogP contribution in [-0.4, -0.2) is 11.8 Å². The van der Waals surface area contributed by atoms with Crippen molar-refractivity contribution in [1.82, 2.24) is 0 Å². The second-order valence-electron chi connectivity index (χ2n) is 7.25. The Kier molecular flexibility index (Phi) is 2.93. The summed E-state index contributed by atoms with van der Waals surface area (Å²) in [6, 6.07) is 5.94. The molecule has 2 aliphatic carbocycles. The van der Waals surface area contributed by atoms with E-state index >= 15 is 0 Å². The standard InChI is InChI=1S/C20H21NO2/c1-10(2)16-13-7-8-14(16)18-17(13)19(22)21(20(18)23)15-9-11(3)5-6-12(15)4/h5-9,13-14,17-18H,1-4H3/t13-,14+,17+,18-. The van der Waals surface area contributed by atoms with Gasteiger partial charge in [-0.25, -0.2) is 4.90 Å². The van der Waals surface area contributed by atoms with Gasteiger partial charge in [-0.3, -0.25) is 9.59 Å². The lowest BCUT2D eigenvalue weighted by Crippen LogP contribution is -2.33. The second kappa shape index (κ2) is 4.67. The summed E-state index contributed by atoms with van der Waals surface area (Å²) in [7, 11) is 0. The summed E-state index contributed by atoms with van der Waals surface area (Å²) in [4.78, 5) is 27.6. The van der Waals surface area contributed by atoms with Gasteiger partial charge >= 0.3 is 0 Å². The van der Waals surface area contributed by atoms with Gasteiger partial charge in [0.1, 0.15) is 0 Å². The van der Waals surface area contributed by atoms with Crippen molar-refractivity contribution in [3.05, 3.63) is 52.6 Å². The molecule has 118 valence electrons. The van der Waals surface area contributed by atoms with Gasteiger partial charge in [-0.2, -0.15) is 0 Å². The summed E-state index contributed by atoms with van der Waals surface area (Å²) in [6.07, 6.45) is 4.26. The molecule has 23 heavy (non-hydrogen) atoms. The van der Waals surface area contributed by atoms with Crippen LogP contribution in [0.1, 0.15) is 25.0 Å². The Morgan fingerprint density at radius 3 is 2.04 bits per heavy atom. The highest BCUT2D eigenvalue weighted by atomic mass is 16.2. The summed E-state index contributed by atoms with van der Waals surface area (Å²) in [5, 5.41) is 0. The number of nitrogens with zero attached hydrogens (tertiary/aromatic N) is 1. The number of carbonyl (C=O) groups is 2. The number of fused-ring (bicyclic) bond motifs is 5. The molecule has 2 amide bonds. The minimum absolute atomic E-state index is 0.0238. The highest BCUT2D eigenvalue weighted by Gasteiger charge is 2.62. The minimum atomic E-state index is -0.206. The van der Waals surface area contributed by atoms with Crippen LogP contribution in [0.25, 0.3) is 0 Å². The van der Waals surface area contributed by atoms with Crippen molar-refractivity contribution in [2.24, 2.45) is 23.7 Å². The minimum Gasteiger partial charge on any atom is -0.274 e. The molecule has 2 bridgehead atoms. The predicted octanol–water partition coefficient (Wildman–Crippen LogP) is 3.56. The summed E-state index contributed by atoms with van der Waals surface area (Å²) < 4.78 is 0. The van der Waals surface area contributed by atoms with Crippen molar-refractivity contribution >= 4 is 17.5 Å². The van der Waals surface area contributed by atoms with Crippen LogP contribution in [0.4, 0.5) is 5.69 Å². The molecule has 1 heterocycles. The molecule has 0 spiro atoms. The normalized spacial score (nSPS) is 31.3. The topological polar surface area (TPSA) is 37.4 Å². The molecule has 3 aliphatic rings.